The highest BCUT2D eigenvalue weighted by molar-refractivity contribution is 14.1. The van der Waals surface area contributed by atoms with Crippen LogP contribution in [0.4, 0.5) is 30.7 Å². The number of rotatable bonds is 2. The van der Waals surface area contributed by atoms with Gasteiger partial charge in [-0.2, -0.15) is 26.3 Å². The standard InChI is InChI=1S/C14H5ClF7I2N/c15-11-7(2-1-3-25-11)10-8(4-6(23)5-9(10)24)12(16,13(17,18)19)14(20,21)22/h1-5H. The molecule has 0 unspecified atom stereocenters. The van der Waals surface area contributed by atoms with Crippen LogP contribution in [0.15, 0.2) is 30.5 Å². The van der Waals surface area contributed by atoms with E-state index in [-0.39, 0.29) is 17.9 Å². The summed E-state index contributed by atoms with van der Waals surface area (Å²) < 4.78 is 93.8. The van der Waals surface area contributed by atoms with E-state index >= 15 is 0 Å². The molecular weight excluding hydrogens is 604 g/mol. The van der Waals surface area contributed by atoms with Crippen molar-refractivity contribution < 1.29 is 30.7 Å². The Morgan fingerprint density at radius 3 is 1.96 bits per heavy atom. The Labute approximate surface area is 169 Å². The fourth-order valence-corrected chi connectivity index (χ4v) is 4.51. The molecule has 1 nitrogen and oxygen atoms in total. The smallest absolute Gasteiger partial charge is 0.244 e. The van der Waals surface area contributed by atoms with Crippen LogP contribution in [0.5, 0.6) is 0 Å². The number of hydrogen-bond donors (Lipinski definition) is 0. The van der Waals surface area contributed by atoms with Gasteiger partial charge in [-0.25, -0.2) is 9.37 Å². The van der Waals surface area contributed by atoms with E-state index in [1.165, 1.54) is 69.6 Å². The molecule has 0 aliphatic heterocycles. The van der Waals surface area contributed by atoms with Crippen LogP contribution in [0, 0.1) is 7.14 Å². The summed E-state index contributed by atoms with van der Waals surface area (Å²) in [6.45, 7) is 0. The minimum absolute atomic E-state index is 0.0105. The minimum atomic E-state index is -6.22. The SMILES string of the molecule is FC(F)(F)C(F)(c1cc(I)cc(I)c1-c1cccnc1Cl)C(F)(F)F. The summed E-state index contributed by atoms with van der Waals surface area (Å²) in [5.41, 5.74) is -7.96. The first-order chi connectivity index (χ1) is 11.3. The number of halogens is 10. The number of aromatic nitrogens is 1. The Kier molecular flexibility index (Phi) is 5.85. The van der Waals surface area contributed by atoms with Crippen molar-refractivity contribution in [2.24, 2.45) is 0 Å². The molecule has 2 aromatic rings. The molecule has 0 aliphatic rings. The molecule has 0 bridgehead atoms. The number of hydrogen-bond acceptors (Lipinski definition) is 1. The van der Waals surface area contributed by atoms with Crippen molar-refractivity contribution >= 4 is 56.8 Å². The molecule has 0 radical (unpaired) electrons. The third-order valence-corrected chi connectivity index (χ3v) is 5.01. The highest BCUT2D eigenvalue weighted by Gasteiger charge is 2.74. The van der Waals surface area contributed by atoms with Gasteiger partial charge in [-0.05, 0) is 69.4 Å². The molecule has 1 aromatic heterocycles. The van der Waals surface area contributed by atoms with Crippen LogP contribution in [-0.2, 0) is 5.67 Å². The van der Waals surface area contributed by atoms with E-state index in [9.17, 15) is 30.7 Å². The fraction of sp³-hybridized carbons (Fsp3) is 0.214. The molecule has 11 heteroatoms. The van der Waals surface area contributed by atoms with Gasteiger partial charge >= 0.3 is 18.0 Å². The summed E-state index contributed by atoms with van der Waals surface area (Å²) in [6.07, 6.45) is -11.2. The molecule has 0 saturated heterocycles. The average Bonchev–Trinajstić information content (AvgIpc) is 2.44. The normalized spacial score (nSPS) is 13.2. The second-order valence-corrected chi connectivity index (χ2v) is 7.57. The van der Waals surface area contributed by atoms with Gasteiger partial charge in [-0.15, -0.1) is 0 Å². The lowest BCUT2D eigenvalue weighted by Crippen LogP contribution is -2.50. The lowest BCUT2D eigenvalue weighted by molar-refractivity contribution is -0.348. The topological polar surface area (TPSA) is 12.9 Å². The van der Waals surface area contributed by atoms with Gasteiger partial charge in [0.2, 0.25) is 0 Å². The predicted molar refractivity (Wildman–Crippen MR) is 95.0 cm³/mol. The Bertz CT molecular complexity index is 791. The maximum Gasteiger partial charge on any atom is 0.435 e. The van der Waals surface area contributed by atoms with Gasteiger partial charge in [-0.3, -0.25) is 0 Å². The van der Waals surface area contributed by atoms with Crippen molar-refractivity contribution in [3.05, 3.63) is 48.3 Å². The van der Waals surface area contributed by atoms with Gasteiger partial charge in [0, 0.05) is 30.0 Å². The molecule has 1 aromatic carbocycles. The van der Waals surface area contributed by atoms with Crippen molar-refractivity contribution in [3.8, 4) is 11.1 Å². The molecule has 0 fully saturated rings. The summed E-state index contributed by atoms with van der Waals surface area (Å²) in [6, 6.07) is 4.29. The largest absolute Gasteiger partial charge is 0.435 e. The maximum absolute atomic E-state index is 14.7. The van der Waals surface area contributed by atoms with Gasteiger partial charge < -0.3 is 0 Å². The average molecular weight is 609 g/mol. The van der Waals surface area contributed by atoms with Crippen molar-refractivity contribution in [2.45, 2.75) is 18.0 Å². The molecule has 0 atom stereocenters. The van der Waals surface area contributed by atoms with E-state index in [4.69, 9.17) is 11.6 Å². The van der Waals surface area contributed by atoms with Crippen LogP contribution in [0.2, 0.25) is 5.15 Å². The van der Waals surface area contributed by atoms with E-state index in [2.05, 4.69) is 4.98 Å². The van der Waals surface area contributed by atoms with Crippen LogP contribution in [0.25, 0.3) is 11.1 Å². The third kappa shape index (κ3) is 3.70. The zero-order chi connectivity index (χ0) is 19.2. The first-order valence-corrected chi connectivity index (χ1v) is 8.77. The highest BCUT2D eigenvalue weighted by Crippen LogP contribution is 2.56. The van der Waals surface area contributed by atoms with Crippen molar-refractivity contribution in [2.75, 3.05) is 0 Å². The van der Waals surface area contributed by atoms with E-state index in [1.54, 1.807) is 0 Å². The van der Waals surface area contributed by atoms with Crippen LogP contribution in [-0.4, -0.2) is 17.3 Å². The van der Waals surface area contributed by atoms with Gasteiger partial charge in [-0.1, -0.05) is 11.6 Å². The molecule has 25 heavy (non-hydrogen) atoms. The lowest BCUT2D eigenvalue weighted by Gasteiger charge is -2.32. The van der Waals surface area contributed by atoms with E-state index in [0.717, 1.165) is 0 Å². The summed E-state index contributed by atoms with van der Waals surface area (Å²) in [4.78, 5) is 3.64. The molecule has 0 amide bonds. The molecule has 0 N–H and O–H groups in total. The molecule has 0 spiro atoms. The van der Waals surface area contributed by atoms with E-state index in [1.807, 2.05) is 0 Å². The Balaban J connectivity index is 2.97. The number of alkyl halides is 7. The van der Waals surface area contributed by atoms with E-state index < -0.39 is 29.1 Å². The second-order valence-electron chi connectivity index (χ2n) is 4.81. The van der Waals surface area contributed by atoms with E-state index in [0.29, 0.717) is 6.07 Å². The van der Waals surface area contributed by atoms with Crippen LogP contribution in [0.3, 0.4) is 0 Å². The highest BCUT2D eigenvalue weighted by atomic mass is 127. The summed E-state index contributed by atoms with van der Waals surface area (Å²) >= 11 is 8.87. The number of pyridine rings is 1. The zero-order valence-corrected chi connectivity index (χ0v) is 16.7. The van der Waals surface area contributed by atoms with Crippen molar-refractivity contribution in [1.29, 1.82) is 0 Å². The van der Waals surface area contributed by atoms with Gasteiger partial charge in [0.15, 0.2) is 0 Å². The Hall–Kier alpha value is -0.370. The summed E-state index contributed by atoms with van der Waals surface area (Å²) in [5.74, 6) is 0. The van der Waals surface area contributed by atoms with Gasteiger partial charge in [0.25, 0.3) is 0 Å². The van der Waals surface area contributed by atoms with Crippen molar-refractivity contribution in [3.63, 3.8) is 0 Å². The van der Waals surface area contributed by atoms with Gasteiger partial charge in [0.05, 0.1) is 0 Å². The molecular formula is C14H5ClF7I2N. The van der Waals surface area contributed by atoms with Crippen LogP contribution >= 0.6 is 56.8 Å². The monoisotopic (exact) mass is 609 g/mol. The molecule has 0 saturated carbocycles. The van der Waals surface area contributed by atoms with Crippen LogP contribution in [0.1, 0.15) is 5.56 Å². The predicted octanol–water partition coefficient (Wildman–Crippen LogP) is 6.90. The van der Waals surface area contributed by atoms with Crippen molar-refractivity contribution in [1.82, 2.24) is 4.98 Å². The fourth-order valence-electron chi connectivity index (χ4n) is 2.16. The molecule has 0 aliphatic carbocycles. The quantitative estimate of drug-likeness (QED) is 0.205. The summed E-state index contributed by atoms with van der Waals surface area (Å²) in [7, 11) is 0. The van der Waals surface area contributed by atoms with Crippen LogP contribution < -0.4 is 0 Å². The minimum Gasteiger partial charge on any atom is -0.244 e. The molecule has 1 heterocycles. The maximum atomic E-state index is 14.7. The Morgan fingerprint density at radius 1 is 0.920 bits per heavy atom. The number of benzene rings is 1. The number of nitrogens with zero attached hydrogens (tertiary/aromatic N) is 1. The summed E-state index contributed by atoms with van der Waals surface area (Å²) in [5, 5.41) is -0.338. The lowest BCUT2D eigenvalue weighted by atomic mass is 9.87. The first-order valence-electron chi connectivity index (χ1n) is 6.23. The third-order valence-electron chi connectivity index (χ3n) is 3.24. The zero-order valence-electron chi connectivity index (χ0n) is 11.6. The molecule has 2 rings (SSSR count). The first kappa shape index (κ1) is 20.9. The van der Waals surface area contributed by atoms with Gasteiger partial charge in [0.1, 0.15) is 5.15 Å². The Morgan fingerprint density at radius 2 is 1.48 bits per heavy atom. The molecule has 136 valence electrons. The second kappa shape index (κ2) is 6.98.